The van der Waals surface area contributed by atoms with Crippen LogP contribution < -0.4 is 10.1 Å². The van der Waals surface area contributed by atoms with Gasteiger partial charge in [-0.25, -0.2) is 0 Å². The Morgan fingerprint density at radius 1 is 1.14 bits per heavy atom. The van der Waals surface area contributed by atoms with E-state index in [1.807, 2.05) is 42.5 Å². The molecule has 0 saturated carbocycles. The van der Waals surface area contributed by atoms with Gasteiger partial charge in [-0.15, -0.1) is 0 Å². The van der Waals surface area contributed by atoms with Gasteiger partial charge in [-0.2, -0.15) is 0 Å². The summed E-state index contributed by atoms with van der Waals surface area (Å²) in [7, 11) is 0. The van der Waals surface area contributed by atoms with Crippen LogP contribution in [0.1, 0.15) is 19.4 Å². The Morgan fingerprint density at radius 3 is 2.62 bits per heavy atom. The second-order valence-corrected chi connectivity index (χ2v) is 6.85. The summed E-state index contributed by atoms with van der Waals surface area (Å²) >= 11 is 8.58. The van der Waals surface area contributed by atoms with Crippen LogP contribution >= 0.6 is 34.2 Å². The minimum absolute atomic E-state index is 0.614. The Balaban J connectivity index is 2.20. The van der Waals surface area contributed by atoms with Crippen molar-refractivity contribution < 1.29 is 4.74 Å². The molecular formula is C17H19ClINO. The monoisotopic (exact) mass is 415 g/mol. The van der Waals surface area contributed by atoms with Crippen molar-refractivity contribution in [3.05, 3.63) is 56.6 Å². The topological polar surface area (TPSA) is 21.3 Å². The molecule has 4 heteroatoms. The fraction of sp³-hybridized carbons (Fsp3) is 0.294. The summed E-state index contributed by atoms with van der Waals surface area (Å²) < 4.78 is 7.11. The van der Waals surface area contributed by atoms with Gasteiger partial charge in [0.15, 0.2) is 5.75 Å². The highest BCUT2D eigenvalue weighted by Gasteiger charge is 2.11. The van der Waals surface area contributed by atoms with Crippen LogP contribution in [0.5, 0.6) is 11.5 Å². The first-order chi connectivity index (χ1) is 10.1. The first kappa shape index (κ1) is 16.6. The highest BCUT2D eigenvalue weighted by atomic mass is 127. The number of halogens is 2. The van der Waals surface area contributed by atoms with Crippen molar-refractivity contribution in [2.45, 2.75) is 20.4 Å². The van der Waals surface area contributed by atoms with E-state index in [9.17, 15) is 0 Å². The summed E-state index contributed by atoms with van der Waals surface area (Å²) in [4.78, 5) is 0. The van der Waals surface area contributed by atoms with Crippen LogP contribution in [-0.4, -0.2) is 6.54 Å². The van der Waals surface area contributed by atoms with E-state index >= 15 is 0 Å². The minimum Gasteiger partial charge on any atom is -0.454 e. The molecule has 0 bridgehead atoms. The van der Waals surface area contributed by atoms with E-state index in [2.05, 4.69) is 41.8 Å². The van der Waals surface area contributed by atoms with Gasteiger partial charge >= 0.3 is 0 Å². The Hall–Kier alpha value is -0.780. The molecule has 2 nitrogen and oxygen atoms in total. The first-order valence-electron chi connectivity index (χ1n) is 6.98. The lowest BCUT2D eigenvalue weighted by molar-refractivity contribution is 0.466. The zero-order valence-corrected chi connectivity index (χ0v) is 15.1. The van der Waals surface area contributed by atoms with Gasteiger partial charge in [0, 0.05) is 12.1 Å². The lowest BCUT2D eigenvalue weighted by atomic mass is 10.1. The van der Waals surface area contributed by atoms with Crippen LogP contribution in [0.2, 0.25) is 5.02 Å². The SMILES string of the molecule is CC(C)CNCc1cccc(Cl)c1Oc1ccccc1I. The van der Waals surface area contributed by atoms with Crippen LogP contribution in [0.4, 0.5) is 0 Å². The normalized spacial score (nSPS) is 10.9. The molecule has 0 fully saturated rings. The van der Waals surface area contributed by atoms with Crippen LogP contribution in [-0.2, 0) is 6.54 Å². The minimum atomic E-state index is 0.614. The first-order valence-corrected chi connectivity index (χ1v) is 8.44. The molecule has 0 aliphatic heterocycles. The maximum Gasteiger partial charge on any atom is 0.150 e. The average Bonchev–Trinajstić information content (AvgIpc) is 2.44. The van der Waals surface area contributed by atoms with Gasteiger partial charge in [-0.1, -0.05) is 49.7 Å². The van der Waals surface area contributed by atoms with Crippen molar-refractivity contribution in [2.24, 2.45) is 5.92 Å². The standard InChI is InChI=1S/C17H19ClINO/c1-12(2)10-20-11-13-6-5-7-14(18)17(13)21-16-9-4-3-8-15(16)19/h3-9,12,20H,10-11H2,1-2H3. The van der Waals surface area contributed by atoms with Crippen molar-refractivity contribution in [1.29, 1.82) is 0 Å². The number of hydrogen-bond acceptors (Lipinski definition) is 2. The lowest BCUT2D eigenvalue weighted by Crippen LogP contribution is -2.19. The Morgan fingerprint density at radius 2 is 1.90 bits per heavy atom. The highest BCUT2D eigenvalue weighted by Crippen LogP contribution is 2.34. The summed E-state index contributed by atoms with van der Waals surface area (Å²) in [6.07, 6.45) is 0. The van der Waals surface area contributed by atoms with Crippen molar-refractivity contribution in [1.82, 2.24) is 5.32 Å². The van der Waals surface area contributed by atoms with Crippen LogP contribution in [0.15, 0.2) is 42.5 Å². The molecule has 0 aromatic heterocycles. The quantitative estimate of drug-likeness (QED) is 0.631. The molecule has 0 radical (unpaired) electrons. The maximum absolute atomic E-state index is 6.32. The van der Waals surface area contributed by atoms with E-state index in [-0.39, 0.29) is 0 Å². The molecule has 2 aromatic rings. The molecule has 0 saturated heterocycles. The van der Waals surface area contributed by atoms with E-state index < -0.39 is 0 Å². The molecule has 0 aliphatic carbocycles. The Kier molecular flexibility index (Phi) is 6.33. The fourth-order valence-corrected chi connectivity index (χ4v) is 2.67. The predicted molar refractivity (Wildman–Crippen MR) is 97.2 cm³/mol. The largest absolute Gasteiger partial charge is 0.454 e. The summed E-state index contributed by atoms with van der Waals surface area (Å²) in [5.41, 5.74) is 1.07. The predicted octanol–water partition coefficient (Wildman–Crippen LogP) is 5.48. The van der Waals surface area contributed by atoms with Crippen molar-refractivity contribution in [3.63, 3.8) is 0 Å². The van der Waals surface area contributed by atoms with Gasteiger partial charge in [-0.05, 0) is 53.3 Å². The third-order valence-electron chi connectivity index (χ3n) is 2.97. The van der Waals surface area contributed by atoms with E-state index in [4.69, 9.17) is 16.3 Å². The van der Waals surface area contributed by atoms with Gasteiger partial charge in [0.05, 0.1) is 8.59 Å². The number of para-hydroxylation sites is 2. The maximum atomic E-state index is 6.32. The van der Waals surface area contributed by atoms with Crippen molar-refractivity contribution in [3.8, 4) is 11.5 Å². The molecular weight excluding hydrogens is 397 g/mol. The number of ether oxygens (including phenoxy) is 1. The molecule has 0 unspecified atom stereocenters. The second-order valence-electron chi connectivity index (χ2n) is 5.29. The fourth-order valence-electron chi connectivity index (χ4n) is 1.94. The van der Waals surface area contributed by atoms with E-state index in [1.165, 1.54) is 0 Å². The summed E-state index contributed by atoms with van der Waals surface area (Å²) in [5.74, 6) is 2.18. The molecule has 1 N–H and O–H groups in total. The zero-order valence-electron chi connectivity index (χ0n) is 12.2. The smallest absolute Gasteiger partial charge is 0.150 e. The molecule has 112 valence electrons. The average molecular weight is 416 g/mol. The van der Waals surface area contributed by atoms with Crippen molar-refractivity contribution >= 4 is 34.2 Å². The van der Waals surface area contributed by atoms with Gasteiger partial charge in [0.1, 0.15) is 5.75 Å². The molecule has 2 rings (SSSR count). The Labute approximate surface area is 145 Å². The number of hydrogen-bond donors (Lipinski definition) is 1. The molecule has 0 aliphatic rings. The third kappa shape index (κ3) is 4.87. The number of nitrogens with one attached hydrogen (secondary N) is 1. The second kappa shape index (κ2) is 8.01. The van der Waals surface area contributed by atoms with Gasteiger partial charge < -0.3 is 10.1 Å². The summed E-state index contributed by atoms with van der Waals surface area (Å²) in [6, 6.07) is 13.8. The van der Waals surface area contributed by atoms with Crippen LogP contribution in [0.3, 0.4) is 0 Å². The molecule has 21 heavy (non-hydrogen) atoms. The lowest BCUT2D eigenvalue weighted by Gasteiger charge is -2.15. The molecule has 0 amide bonds. The highest BCUT2D eigenvalue weighted by molar-refractivity contribution is 14.1. The molecule has 0 atom stereocenters. The van der Waals surface area contributed by atoms with Crippen molar-refractivity contribution in [2.75, 3.05) is 6.54 Å². The van der Waals surface area contributed by atoms with E-state index in [0.29, 0.717) is 10.9 Å². The summed E-state index contributed by atoms with van der Waals surface area (Å²) in [5, 5.41) is 4.07. The van der Waals surface area contributed by atoms with Gasteiger partial charge in [0.2, 0.25) is 0 Å². The Bertz CT molecular complexity index is 601. The zero-order chi connectivity index (χ0) is 15.2. The van der Waals surface area contributed by atoms with Gasteiger partial charge in [-0.3, -0.25) is 0 Å². The number of benzene rings is 2. The third-order valence-corrected chi connectivity index (χ3v) is 4.15. The van der Waals surface area contributed by atoms with Gasteiger partial charge in [0.25, 0.3) is 0 Å². The van der Waals surface area contributed by atoms with Crippen LogP contribution in [0, 0.1) is 9.49 Å². The van der Waals surface area contributed by atoms with E-state index in [1.54, 1.807) is 0 Å². The molecule has 2 aromatic carbocycles. The van der Waals surface area contributed by atoms with E-state index in [0.717, 1.165) is 33.7 Å². The molecule has 0 heterocycles. The van der Waals surface area contributed by atoms with Crippen LogP contribution in [0.25, 0.3) is 0 Å². The number of rotatable bonds is 6. The summed E-state index contributed by atoms with van der Waals surface area (Å²) in [6.45, 7) is 6.09. The molecule has 0 spiro atoms.